The van der Waals surface area contributed by atoms with Crippen LogP contribution in [0, 0.1) is 0 Å². The van der Waals surface area contributed by atoms with Crippen molar-refractivity contribution in [2.45, 2.75) is 24.4 Å². The maximum Gasteiger partial charge on any atom is 0.244 e. The van der Waals surface area contributed by atoms with Crippen molar-refractivity contribution in [2.75, 3.05) is 26.5 Å². The van der Waals surface area contributed by atoms with E-state index in [1.54, 1.807) is 13.0 Å². The van der Waals surface area contributed by atoms with Crippen LogP contribution in [0.3, 0.4) is 0 Å². The molecule has 2 aromatic carbocycles. The van der Waals surface area contributed by atoms with Crippen molar-refractivity contribution < 1.29 is 13.2 Å². The molecule has 2 rings (SSSR count). The number of likely N-dealkylation sites (N-methyl/N-ethyl adjacent to an activating group) is 1. The Morgan fingerprint density at radius 3 is 2.43 bits per heavy atom. The normalized spacial score (nSPS) is 13.0. The minimum atomic E-state index is -3.71. The molecule has 0 heterocycles. The van der Waals surface area contributed by atoms with Crippen molar-refractivity contribution in [1.29, 1.82) is 0 Å². The number of nitrogens with zero attached hydrogens (tertiary/aromatic N) is 2. The molecule has 0 fully saturated rings. The summed E-state index contributed by atoms with van der Waals surface area (Å²) in [5, 5.41) is 2.87. The zero-order valence-corrected chi connectivity index (χ0v) is 19.3. The highest BCUT2D eigenvalue weighted by Crippen LogP contribution is 2.27. The minimum absolute atomic E-state index is 0.0498. The topological polar surface area (TPSA) is 69.7 Å². The first-order chi connectivity index (χ1) is 13.0. The third kappa shape index (κ3) is 5.33. The highest BCUT2D eigenvalue weighted by atomic mass is 79.9. The maximum atomic E-state index is 12.7. The fourth-order valence-corrected chi connectivity index (χ4v) is 4.26. The number of benzene rings is 2. The lowest BCUT2D eigenvalue weighted by molar-refractivity contribution is -0.120. The highest BCUT2D eigenvalue weighted by Gasteiger charge is 2.23. The van der Waals surface area contributed by atoms with Crippen molar-refractivity contribution in [3.63, 3.8) is 0 Å². The molecule has 6 nitrogen and oxygen atoms in total. The van der Waals surface area contributed by atoms with Gasteiger partial charge in [-0.25, -0.2) is 12.7 Å². The Morgan fingerprint density at radius 2 is 1.82 bits per heavy atom. The first-order valence-electron chi connectivity index (χ1n) is 8.50. The predicted octanol–water partition coefficient (Wildman–Crippen LogP) is 3.81. The van der Waals surface area contributed by atoms with Crippen molar-refractivity contribution >= 4 is 49.1 Å². The van der Waals surface area contributed by atoms with E-state index in [0.717, 1.165) is 14.3 Å². The lowest BCUT2D eigenvalue weighted by Gasteiger charge is -2.24. The van der Waals surface area contributed by atoms with E-state index >= 15 is 0 Å². The highest BCUT2D eigenvalue weighted by molar-refractivity contribution is 9.10. The van der Waals surface area contributed by atoms with Crippen LogP contribution in [0.5, 0.6) is 0 Å². The van der Waals surface area contributed by atoms with Crippen molar-refractivity contribution in [3.05, 3.63) is 57.5 Å². The van der Waals surface area contributed by atoms with Gasteiger partial charge in [0.2, 0.25) is 15.9 Å². The number of halogens is 2. The molecule has 0 aliphatic rings. The molecule has 0 saturated carbocycles. The molecule has 9 heteroatoms. The summed E-state index contributed by atoms with van der Waals surface area (Å²) in [5.74, 6) is -0.245. The Kier molecular flexibility index (Phi) is 7.64. The van der Waals surface area contributed by atoms with Crippen LogP contribution in [0.25, 0.3) is 0 Å². The molecule has 0 radical (unpaired) electrons. The Labute approximate surface area is 179 Å². The molecular weight excluding hydrogens is 466 g/mol. The SMILES string of the molecule is CC(C(=O)Nc1ccc(Cl)c(S(=O)(=O)N(C)C)c1)N(C)Cc1ccccc1Br. The molecule has 0 saturated heterocycles. The van der Waals surface area contributed by atoms with Crippen LogP contribution in [-0.2, 0) is 21.4 Å². The first kappa shape index (κ1) is 22.8. The van der Waals surface area contributed by atoms with Crippen molar-refractivity contribution in [1.82, 2.24) is 9.21 Å². The van der Waals surface area contributed by atoms with Crippen LogP contribution < -0.4 is 5.32 Å². The van der Waals surface area contributed by atoms with Crippen molar-refractivity contribution in [3.8, 4) is 0 Å². The monoisotopic (exact) mass is 487 g/mol. The lowest BCUT2D eigenvalue weighted by Crippen LogP contribution is -2.39. The van der Waals surface area contributed by atoms with Gasteiger partial charge in [-0.1, -0.05) is 45.7 Å². The zero-order valence-electron chi connectivity index (χ0n) is 16.1. The Balaban J connectivity index is 2.15. The van der Waals surface area contributed by atoms with Gasteiger partial charge < -0.3 is 5.32 Å². The van der Waals surface area contributed by atoms with Gasteiger partial charge in [0.05, 0.1) is 11.1 Å². The number of rotatable bonds is 7. The molecule has 0 spiro atoms. The number of sulfonamides is 1. The fraction of sp³-hybridized carbons (Fsp3) is 0.316. The molecule has 28 heavy (non-hydrogen) atoms. The second kappa shape index (κ2) is 9.37. The van der Waals surface area contributed by atoms with Gasteiger partial charge in [-0.15, -0.1) is 0 Å². The van der Waals surface area contributed by atoms with Crippen LogP contribution in [0.2, 0.25) is 5.02 Å². The van der Waals surface area contributed by atoms with E-state index in [1.807, 2.05) is 36.2 Å². The molecule has 0 aliphatic carbocycles. The number of amides is 1. The van der Waals surface area contributed by atoms with Gasteiger partial charge in [-0.2, -0.15) is 0 Å². The van der Waals surface area contributed by atoms with E-state index in [9.17, 15) is 13.2 Å². The summed E-state index contributed by atoms with van der Waals surface area (Å²) in [4.78, 5) is 14.5. The number of carbonyl (C=O) groups excluding carboxylic acids is 1. The van der Waals surface area contributed by atoms with Gasteiger partial charge in [0.25, 0.3) is 0 Å². The quantitative estimate of drug-likeness (QED) is 0.643. The molecule has 1 amide bonds. The molecular formula is C19H23BrClN3O3S. The summed E-state index contributed by atoms with van der Waals surface area (Å²) >= 11 is 9.56. The summed E-state index contributed by atoms with van der Waals surface area (Å²) in [6, 6.07) is 11.8. The summed E-state index contributed by atoms with van der Waals surface area (Å²) in [5.41, 5.74) is 1.44. The van der Waals surface area contributed by atoms with E-state index in [1.165, 1.54) is 26.2 Å². The van der Waals surface area contributed by atoms with Gasteiger partial charge in [-0.05, 0) is 43.8 Å². The summed E-state index contributed by atoms with van der Waals surface area (Å²) < 4.78 is 26.8. The first-order valence-corrected chi connectivity index (χ1v) is 11.1. The molecule has 0 bridgehead atoms. The Hall–Kier alpha value is -1.45. The second-order valence-electron chi connectivity index (χ2n) is 6.60. The average Bonchev–Trinajstić information content (AvgIpc) is 2.64. The largest absolute Gasteiger partial charge is 0.325 e. The molecule has 2 aromatic rings. The van der Waals surface area contributed by atoms with E-state index in [2.05, 4.69) is 21.2 Å². The van der Waals surface area contributed by atoms with Gasteiger partial charge in [0.1, 0.15) is 4.90 Å². The van der Waals surface area contributed by atoms with Gasteiger partial charge in [0, 0.05) is 30.8 Å². The Bertz CT molecular complexity index is 967. The number of hydrogen-bond donors (Lipinski definition) is 1. The third-order valence-corrected chi connectivity index (χ3v) is 7.45. The second-order valence-corrected chi connectivity index (χ2v) is 9.99. The third-order valence-electron chi connectivity index (χ3n) is 4.38. The standard InChI is InChI=1S/C19H23BrClN3O3S/c1-13(24(4)12-14-7-5-6-8-16(14)20)19(25)22-15-9-10-17(21)18(11-15)28(26,27)23(2)3/h5-11,13H,12H2,1-4H3,(H,22,25). The van der Waals surface area contributed by atoms with Crippen LogP contribution in [-0.4, -0.2) is 50.7 Å². The van der Waals surface area contributed by atoms with Gasteiger partial charge in [0.15, 0.2) is 0 Å². The maximum absolute atomic E-state index is 12.7. The summed E-state index contributed by atoms with van der Waals surface area (Å²) in [6.45, 7) is 2.37. The number of carbonyl (C=O) groups is 1. The molecule has 0 aromatic heterocycles. The molecule has 1 unspecified atom stereocenters. The van der Waals surface area contributed by atoms with E-state index in [-0.39, 0.29) is 15.8 Å². The summed E-state index contributed by atoms with van der Waals surface area (Å²) in [7, 11) is 0.994. The molecule has 1 N–H and O–H groups in total. The van der Waals surface area contributed by atoms with Crippen LogP contribution in [0.15, 0.2) is 51.8 Å². The lowest BCUT2D eigenvalue weighted by atomic mass is 10.2. The van der Waals surface area contributed by atoms with E-state index < -0.39 is 16.1 Å². The number of anilines is 1. The van der Waals surface area contributed by atoms with Crippen molar-refractivity contribution in [2.24, 2.45) is 0 Å². The zero-order chi connectivity index (χ0) is 21.1. The Morgan fingerprint density at radius 1 is 1.18 bits per heavy atom. The number of hydrogen-bond acceptors (Lipinski definition) is 4. The molecule has 1 atom stereocenters. The minimum Gasteiger partial charge on any atom is -0.325 e. The van der Waals surface area contributed by atoms with E-state index in [0.29, 0.717) is 12.2 Å². The van der Waals surface area contributed by atoms with Crippen LogP contribution in [0.1, 0.15) is 12.5 Å². The number of nitrogens with one attached hydrogen (secondary N) is 1. The molecule has 0 aliphatic heterocycles. The smallest absolute Gasteiger partial charge is 0.244 e. The van der Waals surface area contributed by atoms with Gasteiger partial charge >= 0.3 is 0 Å². The molecule has 152 valence electrons. The van der Waals surface area contributed by atoms with Gasteiger partial charge in [-0.3, -0.25) is 9.69 Å². The fourth-order valence-electron chi connectivity index (χ4n) is 2.45. The predicted molar refractivity (Wildman–Crippen MR) is 116 cm³/mol. The van der Waals surface area contributed by atoms with E-state index in [4.69, 9.17) is 11.6 Å². The summed E-state index contributed by atoms with van der Waals surface area (Å²) in [6.07, 6.45) is 0. The average molecular weight is 489 g/mol. The van der Waals surface area contributed by atoms with Crippen LogP contribution >= 0.6 is 27.5 Å². The van der Waals surface area contributed by atoms with Crippen LogP contribution in [0.4, 0.5) is 5.69 Å².